The van der Waals surface area contributed by atoms with Crippen LogP contribution >= 0.6 is 0 Å². The molecule has 0 aliphatic heterocycles. The maximum atomic E-state index is 12.9. The summed E-state index contributed by atoms with van der Waals surface area (Å²) in [5, 5.41) is 1.63. The molecule has 0 bridgehead atoms. The van der Waals surface area contributed by atoms with Gasteiger partial charge in [0.15, 0.2) is 0 Å². The van der Waals surface area contributed by atoms with E-state index in [-0.39, 0.29) is 0 Å². The van der Waals surface area contributed by atoms with Crippen LogP contribution in [0.4, 0.5) is 22.4 Å². The van der Waals surface area contributed by atoms with Crippen LogP contribution in [0.25, 0.3) is 0 Å². The highest BCUT2D eigenvalue weighted by Gasteiger charge is 2.49. The number of nitrogens with one attached hydrogen (secondary N) is 1. The molecule has 0 saturated carbocycles. The molecule has 0 fully saturated rings. The number of alkyl carbamates (subject to hydrolysis) is 1. The molecule has 0 aliphatic rings. The van der Waals surface area contributed by atoms with Crippen LogP contribution < -0.4 is 11.1 Å². The van der Waals surface area contributed by atoms with Crippen LogP contribution in [0.1, 0.15) is 20.8 Å². The molecule has 4 nitrogen and oxygen atoms in total. The van der Waals surface area contributed by atoms with Crippen LogP contribution in [0.3, 0.4) is 0 Å². The van der Waals surface area contributed by atoms with E-state index < -0.39 is 36.6 Å². The van der Waals surface area contributed by atoms with Crippen molar-refractivity contribution in [2.45, 2.75) is 44.8 Å². The topological polar surface area (TPSA) is 64.3 Å². The standard InChI is InChI=1S/C9H16F4N2O2/c1-8(2,3)17-7(16)15-5(4-14)9(12,13)6(10)11/h5-6H,4,14H2,1-3H3,(H,15,16). The molecule has 0 aliphatic carbocycles. The third-order valence-corrected chi connectivity index (χ3v) is 1.68. The number of ether oxygens (including phenoxy) is 1. The summed E-state index contributed by atoms with van der Waals surface area (Å²) in [7, 11) is 0. The minimum absolute atomic E-state index is 0.823. The molecule has 0 radical (unpaired) electrons. The first-order valence-electron chi connectivity index (χ1n) is 4.86. The Kier molecular flexibility index (Phi) is 5.18. The molecule has 0 saturated heterocycles. The van der Waals surface area contributed by atoms with Crippen LogP contribution in [0, 0.1) is 0 Å². The van der Waals surface area contributed by atoms with Crippen molar-refractivity contribution in [1.82, 2.24) is 5.32 Å². The summed E-state index contributed by atoms with van der Waals surface area (Å²) in [5.74, 6) is -4.40. The molecule has 1 amide bonds. The fourth-order valence-electron chi connectivity index (χ4n) is 0.914. The smallest absolute Gasteiger partial charge is 0.408 e. The van der Waals surface area contributed by atoms with E-state index in [9.17, 15) is 22.4 Å². The SMILES string of the molecule is CC(C)(C)OC(=O)NC(CN)C(F)(F)C(F)F. The van der Waals surface area contributed by atoms with E-state index in [1.165, 1.54) is 20.8 Å². The molecule has 0 spiro atoms. The van der Waals surface area contributed by atoms with Gasteiger partial charge < -0.3 is 15.8 Å². The van der Waals surface area contributed by atoms with E-state index in [0.29, 0.717) is 0 Å². The molecular formula is C9H16F4N2O2. The first-order valence-corrected chi connectivity index (χ1v) is 4.86. The van der Waals surface area contributed by atoms with E-state index >= 15 is 0 Å². The molecule has 8 heteroatoms. The van der Waals surface area contributed by atoms with Gasteiger partial charge in [0.25, 0.3) is 0 Å². The van der Waals surface area contributed by atoms with Crippen molar-refractivity contribution in [2.24, 2.45) is 5.73 Å². The molecule has 102 valence electrons. The summed E-state index contributed by atoms with van der Waals surface area (Å²) in [5.41, 5.74) is 4.01. The number of hydrogen-bond donors (Lipinski definition) is 2. The second-order valence-electron chi connectivity index (χ2n) is 4.41. The van der Waals surface area contributed by atoms with Gasteiger partial charge in [0.05, 0.1) is 0 Å². The minimum atomic E-state index is -4.40. The van der Waals surface area contributed by atoms with Gasteiger partial charge in [-0.1, -0.05) is 0 Å². The van der Waals surface area contributed by atoms with Crippen molar-refractivity contribution in [3.8, 4) is 0 Å². The largest absolute Gasteiger partial charge is 0.444 e. The highest BCUT2D eigenvalue weighted by molar-refractivity contribution is 5.68. The van der Waals surface area contributed by atoms with Crippen LogP contribution in [-0.4, -0.2) is 36.6 Å². The van der Waals surface area contributed by atoms with Crippen molar-refractivity contribution in [2.75, 3.05) is 6.54 Å². The average molecular weight is 260 g/mol. The van der Waals surface area contributed by atoms with Gasteiger partial charge in [-0.2, -0.15) is 8.78 Å². The summed E-state index contributed by atoms with van der Waals surface area (Å²) in [6.45, 7) is 3.70. The number of hydrogen-bond acceptors (Lipinski definition) is 3. The number of carbonyl (C=O) groups is 1. The monoisotopic (exact) mass is 260 g/mol. The Bertz CT molecular complexity index is 266. The number of alkyl halides is 4. The quantitative estimate of drug-likeness (QED) is 0.757. The summed E-state index contributed by atoms with van der Waals surface area (Å²) in [6, 6.07) is -2.17. The highest BCUT2D eigenvalue weighted by Crippen LogP contribution is 2.26. The Balaban J connectivity index is 4.57. The summed E-state index contributed by atoms with van der Waals surface area (Å²) in [6.07, 6.45) is -5.13. The second-order valence-corrected chi connectivity index (χ2v) is 4.41. The van der Waals surface area contributed by atoms with Crippen molar-refractivity contribution in [3.63, 3.8) is 0 Å². The second kappa shape index (κ2) is 5.52. The van der Waals surface area contributed by atoms with Crippen molar-refractivity contribution >= 4 is 6.09 Å². The van der Waals surface area contributed by atoms with Crippen LogP contribution in [0.5, 0.6) is 0 Å². The molecule has 0 aromatic rings. The fourth-order valence-corrected chi connectivity index (χ4v) is 0.914. The molecular weight excluding hydrogens is 244 g/mol. The molecule has 0 aromatic heterocycles. The van der Waals surface area contributed by atoms with Gasteiger partial charge in [-0.05, 0) is 20.8 Å². The highest BCUT2D eigenvalue weighted by atomic mass is 19.3. The van der Waals surface area contributed by atoms with E-state index in [4.69, 9.17) is 5.73 Å². The fraction of sp³-hybridized carbons (Fsp3) is 0.889. The molecule has 0 aromatic carbocycles. The normalized spacial score (nSPS) is 14.6. The van der Waals surface area contributed by atoms with Gasteiger partial charge in [-0.25, -0.2) is 13.6 Å². The maximum absolute atomic E-state index is 12.9. The lowest BCUT2D eigenvalue weighted by Crippen LogP contribution is -2.56. The Labute approximate surface area is 96.5 Å². The number of nitrogens with two attached hydrogens (primary N) is 1. The lowest BCUT2D eigenvalue weighted by atomic mass is 10.1. The van der Waals surface area contributed by atoms with Gasteiger partial charge in [-0.3, -0.25) is 0 Å². The number of carbonyl (C=O) groups excluding carboxylic acids is 1. The number of halogens is 4. The zero-order valence-electron chi connectivity index (χ0n) is 9.77. The molecule has 3 N–H and O–H groups in total. The molecule has 0 rings (SSSR count). The molecule has 17 heavy (non-hydrogen) atoms. The Morgan fingerprint density at radius 2 is 1.82 bits per heavy atom. The summed E-state index contributed by atoms with van der Waals surface area (Å²) >= 11 is 0. The predicted molar refractivity (Wildman–Crippen MR) is 53.2 cm³/mol. The van der Waals surface area contributed by atoms with E-state index in [1.54, 1.807) is 5.32 Å². The van der Waals surface area contributed by atoms with Gasteiger partial charge in [-0.15, -0.1) is 0 Å². The maximum Gasteiger partial charge on any atom is 0.408 e. The van der Waals surface area contributed by atoms with E-state index in [1.807, 2.05) is 0 Å². The third kappa shape index (κ3) is 5.20. The first kappa shape index (κ1) is 16.0. The Morgan fingerprint density at radius 1 is 1.35 bits per heavy atom. The zero-order valence-corrected chi connectivity index (χ0v) is 9.77. The third-order valence-electron chi connectivity index (χ3n) is 1.68. The molecule has 1 unspecified atom stereocenters. The number of amides is 1. The summed E-state index contributed by atoms with van der Waals surface area (Å²) in [4.78, 5) is 11.1. The van der Waals surface area contributed by atoms with Gasteiger partial charge in [0, 0.05) is 6.54 Å². The molecule has 0 heterocycles. The van der Waals surface area contributed by atoms with E-state index in [2.05, 4.69) is 4.74 Å². The zero-order chi connectivity index (χ0) is 13.9. The Hall–Kier alpha value is -1.05. The molecule has 1 atom stereocenters. The van der Waals surface area contributed by atoms with E-state index in [0.717, 1.165) is 0 Å². The average Bonchev–Trinajstić information content (AvgIpc) is 2.10. The van der Waals surface area contributed by atoms with Crippen LogP contribution in [0.15, 0.2) is 0 Å². The lowest BCUT2D eigenvalue weighted by Gasteiger charge is -2.27. The first-order chi connectivity index (χ1) is 7.50. The lowest BCUT2D eigenvalue weighted by molar-refractivity contribution is -0.147. The number of rotatable bonds is 4. The summed E-state index contributed by atoms with van der Waals surface area (Å²) < 4.78 is 54.5. The Morgan fingerprint density at radius 3 is 2.12 bits per heavy atom. The van der Waals surface area contributed by atoms with Crippen molar-refractivity contribution in [3.05, 3.63) is 0 Å². The van der Waals surface area contributed by atoms with Gasteiger partial charge in [0.2, 0.25) is 0 Å². The van der Waals surface area contributed by atoms with Gasteiger partial charge in [0.1, 0.15) is 11.6 Å². The van der Waals surface area contributed by atoms with Gasteiger partial charge >= 0.3 is 18.4 Å². The minimum Gasteiger partial charge on any atom is -0.444 e. The predicted octanol–water partition coefficient (Wildman–Crippen LogP) is 1.74. The van der Waals surface area contributed by atoms with Crippen LogP contribution in [-0.2, 0) is 4.74 Å². The van der Waals surface area contributed by atoms with Crippen molar-refractivity contribution in [1.29, 1.82) is 0 Å². The van der Waals surface area contributed by atoms with Crippen molar-refractivity contribution < 1.29 is 27.1 Å². The van der Waals surface area contributed by atoms with Crippen LogP contribution in [0.2, 0.25) is 0 Å².